The fraction of sp³-hybridized carbons (Fsp3) is 0.211. The average molecular weight is 471 g/mol. The summed E-state index contributed by atoms with van der Waals surface area (Å²) in [5.41, 5.74) is 1.50. The third kappa shape index (κ3) is 7.49. The van der Waals surface area contributed by atoms with Crippen LogP contribution in [0.3, 0.4) is 0 Å². The van der Waals surface area contributed by atoms with E-state index in [2.05, 4.69) is 31.3 Å². The van der Waals surface area contributed by atoms with Crippen molar-refractivity contribution in [1.29, 1.82) is 0 Å². The summed E-state index contributed by atoms with van der Waals surface area (Å²) in [6.45, 7) is -2.18. The molecule has 0 aromatic heterocycles. The molecule has 0 aliphatic rings. The molecule has 2 N–H and O–H groups in total. The van der Waals surface area contributed by atoms with Gasteiger partial charge in [0, 0.05) is 15.7 Å². The number of anilines is 1. The van der Waals surface area contributed by atoms with Crippen molar-refractivity contribution < 1.29 is 32.6 Å². The minimum Gasteiger partial charge on any atom is -0.454 e. The second-order valence-corrected chi connectivity index (χ2v) is 6.62. The number of ether oxygens (including phenoxy) is 2. The molecule has 0 bridgehead atoms. The highest BCUT2D eigenvalue weighted by Gasteiger charge is 2.13. The molecule has 0 heterocycles. The van der Waals surface area contributed by atoms with E-state index in [1.54, 1.807) is 18.2 Å². The molecule has 0 aliphatic heterocycles. The van der Waals surface area contributed by atoms with E-state index in [4.69, 9.17) is 4.74 Å². The predicted octanol–water partition coefficient (Wildman–Crippen LogP) is 3.27. The summed E-state index contributed by atoms with van der Waals surface area (Å²) in [6, 6.07) is 10.3. The number of benzene rings is 2. The van der Waals surface area contributed by atoms with Gasteiger partial charge in [-0.05, 0) is 48.9 Å². The summed E-state index contributed by atoms with van der Waals surface area (Å²) in [5, 5.41) is 4.85. The number of carbonyl (C=O) groups is 3. The summed E-state index contributed by atoms with van der Waals surface area (Å²) < 4.78 is 34.3. The number of nitrogens with one attached hydrogen (secondary N) is 2. The van der Waals surface area contributed by atoms with E-state index in [0.29, 0.717) is 5.69 Å². The summed E-state index contributed by atoms with van der Waals surface area (Å²) in [7, 11) is 0. The molecule has 2 aromatic carbocycles. The smallest absolute Gasteiger partial charge is 0.387 e. The fourth-order valence-corrected chi connectivity index (χ4v) is 2.43. The van der Waals surface area contributed by atoms with Crippen molar-refractivity contribution >= 4 is 39.4 Å². The maximum atomic E-state index is 12.2. The van der Waals surface area contributed by atoms with Gasteiger partial charge in [-0.25, -0.2) is 0 Å². The standard InChI is InChI=1S/C19H17BrF2N2O5/c1-11-7-13(5-6-15(11)20)24-16(25)10-28-17(26)9-23-18(27)12-3-2-4-14(8-12)29-19(21)22/h2-8,19H,9-10H2,1H3,(H,23,27)(H,24,25). The molecule has 0 unspecified atom stereocenters. The van der Waals surface area contributed by atoms with E-state index in [1.807, 2.05) is 6.92 Å². The van der Waals surface area contributed by atoms with Crippen molar-refractivity contribution in [3.05, 3.63) is 58.1 Å². The van der Waals surface area contributed by atoms with E-state index in [1.165, 1.54) is 18.2 Å². The Morgan fingerprint density at radius 1 is 1.14 bits per heavy atom. The van der Waals surface area contributed by atoms with Crippen LogP contribution in [-0.2, 0) is 14.3 Å². The lowest BCUT2D eigenvalue weighted by atomic mass is 10.2. The van der Waals surface area contributed by atoms with Crippen molar-refractivity contribution in [1.82, 2.24) is 5.32 Å². The van der Waals surface area contributed by atoms with Gasteiger partial charge in [-0.15, -0.1) is 0 Å². The normalized spacial score (nSPS) is 10.4. The molecule has 0 atom stereocenters. The third-order valence-electron chi connectivity index (χ3n) is 3.52. The number of hydrogen-bond acceptors (Lipinski definition) is 5. The van der Waals surface area contributed by atoms with Crippen LogP contribution >= 0.6 is 15.9 Å². The molecule has 2 amide bonds. The molecule has 0 fully saturated rings. The van der Waals surface area contributed by atoms with Crippen LogP contribution in [0.4, 0.5) is 14.5 Å². The van der Waals surface area contributed by atoms with E-state index in [0.717, 1.165) is 16.1 Å². The topological polar surface area (TPSA) is 93.7 Å². The van der Waals surface area contributed by atoms with Gasteiger partial charge in [0.15, 0.2) is 6.61 Å². The Kier molecular flexibility index (Phi) is 8.08. The lowest BCUT2D eigenvalue weighted by Crippen LogP contribution is -2.32. The summed E-state index contributed by atoms with van der Waals surface area (Å²) in [4.78, 5) is 35.5. The molecular formula is C19H17BrF2N2O5. The van der Waals surface area contributed by atoms with Gasteiger partial charge in [-0.2, -0.15) is 8.78 Å². The van der Waals surface area contributed by atoms with Crippen LogP contribution in [-0.4, -0.2) is 37.5 Å². The number of halogens is 3. The van der Waals surface area contributed by atoms with Gasteiger partial charge in [0.2, 0.25) is 0 Å². The third-order valence-corrected chi connectivity index (χ3v) is 4.41. The summed E-state index contributed by atoms with van der Waals surface area (Å²) in [6.07, 6.45) is 0. The number of carbonyl (C=O) groups excluding carboxylic acids is 3. The molecular weight excluding hydrogens is 454 g/mol. The lowest BCUT2D eigenvalue weighted by Gasteiger charge is -2.09. The van der Waals surface area contributed by atoms with Gasteiger partial charge in [0.25, 0.3) is 11.8 Å². The zero-order chi connectivity index (χ0) is 21.4. The average Bonchev–Trinajstić information content (AvgIpc) is 2.67. The Morgan fingerprint density at radius 2 is 1.90 bits per heavy atom. The first kappa shape index (κ1) is 22.3. The first-order valence-corrected chi connectivity index (χ1v) is 9.08. The molecule has 0 aliphatic carbocycles. The number of aryl methyl sites for hydroxylation is 1. The van der Waals surface area contributed by atoms with Crippen LogP contribution in [0.1, 0.15) is 15.9 Å². The minimum atomic E-state index is -3.02. The first-order chi connectivity index (χ1) is 13.7. The molecule has 10 heteroatoms. The summed E-state index contributed by atoms with van der Waals surface area (Å²) in [5.74, 6) is -2.24. The van der Waals surface area contributed by atoms with Crippen molar-refractivity contribution in [2.45, 2.75) is 13.5 Å². The van der Waals surface area contributed by atoms with Gasteiger partial charge in [-0.3, -0.25) is 14.4 Å². The van der Waals surface area contributed by atoms with Gasteiger partial charge in [0.1, 0.15) is 12.3 Å². The first-order valence-electron chi connectivity index (χ1n) is 8.29. The predicted molar refractivity (Wildman–Crippen MR) is 104 cm³/mol. The highest BCUT2D eigenvalue weighted by atomic mass is 79.9. The zero-order valence-electron chi connectivity index (χ0n) is 15.2. The van der Waals surface area contributed by atoms with Crippen LogP contribution in [0.2, 0.25) is 0 Å². The number of esters is 1. The van der Waals surface area contributed by atoms with Crippen molar-refractivity contribution in [2.24, 2.45) is 0 Å². The van der Waals surface area contributed by atoms with Crippen molar-refractivity contribution in [3.63, 3.8) is 0 Å². The number of rotatable bonds is 8. The number of hydrogen-bond donors (Lipinski definition) is 2. The second kappa shape index (κ2) is 10.5. The maximum Gasteiger partial charge on any atom is 0.387 e. The fourth-order valence-electron chi connectivity index (χ4n) is 2.18. The molecule has 2 rings (SSSR count). The Bertz CT molecular complexity index is 908. The highest BCUT2D eigenvalue weighted by molar-refractivity contribution is 9.10. The monoisotopic (exact) mass is 470 g/mol. The van der Waals surface area contributed by atoms with E-state index >= 15 is 0 Å². The van der Waals surface area contributed by atoms with Crippen LogP contribution in [0.15, 0.2) is 46.9 Å². The lowest BCUT2D eigenvalue weighted by molar-refractivity contribution is -0.146. The number of alkyl halides is 2. The van der Waals surface area contributed by atoms with Gasteiger partial charge in [-0.1, -0.05) is 22.0 Å². The van der Waals surface area contributed by atoms with Crippen LogP contribution in [0.25, 0.3) is 0 Å². The second-order valence-electron chi connectivity index (χ2n) is 5.76. The molecule has 29 heavy (non-hydrogen) atoms. The molecule has 7 nitrogen and oxygen atoms in total. The Labute approximate surface area is 173 Å². The SMILES string of the molecule is Cc1cc(NC(=O)COC(=O)CNC(=O)c2cccc(OC(F)F)c2)ccc1Br. The van der Waals surface area contributed by atoms with Crippen LogP contribution in [0.5, 0.6) is 5.75 Å². The van der Waals surface area contributed by atoms with Gasteiger partial charge in [0.05, 0.1) is 0 Å². The molecule has 0 spiro atoms. The van der Waals surface area contributed by atoms with Gasteiger partial charge >= 0.3 is 12.6 Å². The quantitative estimate of drug-likeness (QED) is 0.577. The highest BCUT2D eigenvalue weighted by Crippen LogP contribution is 2.20. The summed E-state index contributed by atoms with van der Waals surface area (Å²) >= 11 is 3.35. The van der Waals surface area contributed by atoms with E-state index < -0.39 is 37.5 Å². The van der Waals surface area contributed by atoms with Crippen molar-refractivity contribution in [2.75, 3.05) is 18.5 Å². The Balaban J connectivity index is 1.77. The maximum absolute atomic E-state index is 12.2. The molecule has 0 saturated carbocycles. The number of amides is 2. The Morgan fingerprint density at radius 3 is 2.59 bits per heavy atom. The Hall–Kier alpha value is -3.01. The largest absolute Gasteiger partial charge is 0.454 e. The van der Waals surface area contributed by atoms with E-state index in [-0.39, 0.29) is 11.3 Å². The molecule has 154 valence electrons. The van der Waals surface area contributed by atoms with Crippen LogP contribution in [0, 0.1) is 6.92 Å². The van der Waals surface area contributed by atoms with Gasteiger partial charge < -0.3 is 20.1 Å². The molecule has 2 aromatic rings. The minimum absolute atomic E-state index is 0.0271. The molecule has 0 radical (unpaired) electrons. The van der Waals surface area contributed by atoms with Crippen molar-refractivity contribution in [3.8, 4) is 5.75 Å². The molecule has 0 saturated heterocycles. The van der Waals surface area contributed by atoms with Crippen LogP contribution < -0.4 is 15.4 Å². The zero-order valence-corrected chi connectivity index (χ0v) is 16.8. The van der Waals surface area contributed by atoms with E-state index in [9.17, 15) is 23.2 Å².